The highest BCUT2D eigenvalue weighted by Crippen LogP contribution is 2.39. The lowest BCUT2D eigenvalue weighted by Gasteiger charge is -2.18. The molecule has 1 aromatic rings. The highest BCUT2D eigenvalue weighted by atomic mass is 16.3. The summed E-state index contributed by atoms with van der Waals surface area (Å²) in [5, 5.41) is 18.1. The molecule has 2 aliphatic rings. The van der Waals surface area contributed by atoms with Crippen LogP contribution in [0.5, 0.6) is 0 Å². The van der Waals surface area contributed by atoms with Gasteiger partial charge in [-0.15, -0.1) is 5.10 Å². The van der Waals surface area contributed by atoms with E-state index in [0.717, 1.165) is 37.4 Å². The van der Waals surface area contributed by atoms with E-state index in [4.69, 9.17) is 0 Å². The van der Waals surface area contributed by atoms with Crippen LogP contribution in [0.3, 0.4) is 0 Å². The molecule has 3 rings (SSSR count). The van der Waals surface area contributed by atoms with Crippen molar-refractivity contribution >= 4 is 5.82 Å². The zero-order valence-electron chi connectivity index (χ0n) is 9.50. The topological polar surface area (TPSA) is 49.2 Å². The van der Waals surface area contributed by atoms with E-state index in [9.17, 15) is 5.11 Å². The number of aliphatic hydroxyl groups excluding tert-OH is 1. The molecule has 2 fully saturated rings. The fraction of sp³-hybridized carbons (Fsp3) is 0.667. The Morgan fingerprint density at radius 2 is 2.12 bits per heavy atom. The summed E-state index contributed by atoms with van der Waals surface area (Å²) in [6.45, 7) is 3.91. The van der Waals surface area contributed by atoms with E-state index in [-0.39, 0.29) is 6.10 Å². The van der Waals surface area contributed by atoms with Crippen molar-refractivity contribution < 1.29 is 5.11 Å². The Morgan fingerprint density at radius 3 is 2.81 bits per heavy atom. The van der Waals surface area contributed by atoms with Crippen molar-refractivity contribution in [3.63, 3.8) is 0 Å². The Morgan fingerprint density at radius 1 is 1.25 bits per heavy atom. The molecule has 1 aliphatic carbocycles. The van der Waals surface area contributed by atoms with Crippen LogP contribution in [0.15, 0.2) is 12.1 Å². The summed E-state index contributed by atoms with van der Waals surface area (Å²) in [7, 11) is 0. The van der Waals surface area contributed by atoms with Crippen molar-refractivity contribution in [2.24, 2.45) is 11.8 Å². The minimum absolute atomic E-state index is 0.103. The van der Waals surface area contributed by atoms with Crippen LogP contribution >= 0.6 is 0 Å². The molecule has 2 heterocycles. The number of aliphatic hydroxyl groups is 1. The third-order valence-electron chi connectivity index (χ3n) is 3.93. The van der Waals surface area contributed by atoms with Gasteiger partial charge >= 0.3 is 0 Å². The molecule has 4 heteroatoms. The van der Waals surface area contributed by atoms with E-state index >= 15 is 0 Å². The summed E-state index contributed by atoms with van der Waals surface area (Å²) in [5.74, 6) is 2.05. The molecule has 1 aliphatic heterocycles. The van der Waals surface area contributed by atoms with E-state index in [2.05, 4.69) is 15.1 Å². The molecular formula is C12H17N3O. The molecular weight excluding hydrogens is 202 g/mol. The minimum Gasteiger partial charge on any atom is -0.393 e. The molecule has 0 amide bonds. The largest absolute Gasteiger partial charge is 0.393 e. The SMILES string of the molecule is Cc1ccc(N2CC3CCC(O)C3C2)nn1. The molecule has 4 nitrogen and oxygen atoms in total. The smallest absolute Gasteiger partial charge is 0.151 e. The highest BCUT2D eigenvalue weighted by molar-refractivity contribution is 5.39. The lowest BCUT2D eigenvalue weighted by molar-refractivity contribution is 0.133. The number of rotatable bonds is 1. The molecule has 0 bridgehead atoms. The van der Waals surface area contributed by atoms with Crippen molar-refractivity contribution in [3.8, 4) is 0 Å². The Hall–Kier alpha value is -1.16. The minimum atomic E-state index is -0.103. The second kappa shape index (κ2) is 3.70. The van der Waals surface area contributed by atoms with Crippen molar-refractivity contribution in [1.82, 2.24) is 10.2 Å². The van der Waals surface area contributed by atoms with Gasteiger partial charge < -0.3 is 10.0 Å². The molecule has 1 saturated carbocycles. The Balaban J connectivity index is 1.76. The number of aromatic nitrogens is 2. The lowest BCUT2D eigenvalue weighted by Crippen LogP contribution is -2.25. The van der Waals surface area contributed by atoms with E-state index in [1.807, 2.05) is 19.1 Å². The summed E-state index contributed by atoms with van der Waals surface area (Å²) in [6.07, 6.45) is 2.03. The van der Waals surface area contributed by atoms with Crippen LogP contribution in [-0.2, 0) is 0 Å². The molecule has 3 atom stereocenters. The van der Waals surface area contributed by atoms with Crippen LogP contribution in [-0.4, -0.2) is 34.5 Å². The highest BCUT2D eigenvalue weighted by Gasteiger charge is 2.42. The monoisotopic (exact) mass is 219 g/mol. The first-order valence-electron chi connectivity index (χ1n) is 5.97. The number of aryl methyl sites for hydroxylation is 1. The summed E-state index contributed by atoms with van der Waals surface area (Å²) in [6, 6.07) is 4.02. The van der Waals surface area contributed by atoms with Gasteiger partial charge in [0.25, 0.3) is 0 Å². The van der Waals surface area contributed by atoms with E-state index < -0.39 is 0 Å². The molecule has 1 saturated heterocycles. The van der Waals surface area contributed by atoms with E-state index in [0.29, 0.717) is 11.8 Å². The normalized spacial score (nSPS) is 33.1. The van der Waals surface area contributed by atoms with E-state index in [1.165, 1.54) is 0 Å². The summed E-state index contributed by atoms with van der Waals surface area (Å²) < 4.78 is 0. The average Bonchev–Trinajstić information content (AvgIpc) is 2.83. The Bertz CT molecular complexity index is 378. The van der Waals surface area contributed by atoms with Gasteiger partial charge in [0.1, 0.15) is 0 Å². The van der Waals surface area contributed by atoms with Crippen LogP contribution in [0, 0.1) is 18.8 Å². The number of anilines is 1. The number of hydrogen-bond acceptors (Lipinski definition) is 4. The molecule has 16 heavy (non-hydrogen) atoms. The van der Waals surface area contributed by atoms with E-state index in [1.54, 1.807) is 0 Å². The second-order valence-corrected chi connectivity index (χ2v) is 5.01. The fourth-order valence-electron chi connectivity index (χ4n) is 2.98. The van der Waals surface area contributed by atoms with Crippen molar-refractivity contribution in [3.05, 3.63) is 17.8 Å². The number of nitrogens with zero attached hydrogens (tertiary/aromatic N) is 3. The molecule has 0 spiro atoms. The maximum atomic E-state index is 9.85. The van der Waals surface area contributed by atoms with Gasteiger partial charge in [-0.05, 0) is 37.8 Å². The zero-order valence-corrected chi connectivity index (χ0v) is 9.50. The van der Waals surface area contributed by atoms with Gasteiger partial charge in [0, 0.05) is 19.0 Å². The second-order valence-electron chi connectivity index (χ2n) is 5.01. The van der Waals surface area contributed by atoms with Gasteiger partial charge in [-0.2, -0.15) is 5.10 Å². The van der Waals surface area contributed by atoms with Crippen LogP contribution in [0.25, 0.3) is 0 Å². The van der Waals surface area contributed by atoms with Crippen LogP contribution in [0.2, 0.25) is 0 Å². The summed E-state index contributed by atoms with van der Waals surface area (Å²) >= 11 is 0. The fourth-order valence-corrected chi connectivity index (χ4v) is 2.98. The third kappa shape index (κ3) is 1.57. The summed E-state index contributed by atoms with van der Waals surface area (Å²) in [4.78, 5) is 2.25. The molecule has 0 aromatic carbocycles. The van der Waals surface area contributed by atoms with Gasteiger partial charge in [0.2, 0.25) is 0 Å². The average molecular weight is 219 g/mol. The molecule has 1 aromatic heterocycles. The van der Waals surface area contributed by atoms with Crippen LogP contribution < -0.4 is 4.90 Å². The Labute approximate surface area is 95.3 Å². The number of hydrogen-bond donors (Lipinski definition) is 1. The predicted molar refractivity (Wildman–Crippen MR) is 61.2 cm³/mol. The summed E-state index contributed by atoms with van der Waals surface area (Å²) in [5.41, 5.74) is 0.947. The molecule has 3 unspecified atom stereocenters. The number of fused-ring (bicyclic) bond motifs is 1. The first-order chi connectivity index (χ1) is 7.74. The molecule has 86 valence electrons. The van der Waals surface area contributed by atoms with Gasteiger partial charge in [-0.3, -0.25) is 0 Å². The standard InChI is InChI=1S/C12H17N3O/c1-8-2-5-12(14-13-8)15-6-9-3-4-11(16)10(9)7-15/h2,5,9-11,16H,3-4,6-7H2,1H3. The maximum absolute atomic E-state index is 9.85. The van der Waals surface area contributed by atoms with Crippen LogP contribution in [0.1, 0.15) is 18.5 Å². The molecule has 0 radical (unpaired) electrons. The first kappa shape index (κ1) is 10.0. The maximum Gasteiger partial charge on any atom is 0.151 e. The van der Waals surface area contributed by atoms with Crippen molar-refractivity contribution in [2.45, 2.75) is 25.9 Å². The first-order valence-corrected chi connectivity index (χ1v) is 5.97. The van der Waals surface area contributed by atoms with Gasteiger partial charge in [0.05, 0.1) is 11.8 Å². The van der Waals surface area contributed by atoms with Gasteiger partial charge in [-0.1, -0.05) is 0 Å². The van der Waals surface area contributed by atoms with Crippen LogP contribution in [0.4, 0.5) is 5.82 Å². The zero-order chi connectivity index (χ0) is 11.1. The quantitative estimate of drug-likeness (QED) is 0.765. The third-order valence-corrected chi connectivity index (χ3v) is 3.93. The predicted octanol–water partition coefficient (Wildman–Crippen LogP) is 0.992. The van der Waals surface area contributed by atoms with Crippen molar-refractivity contribution in [2.75, 3.05) is 18.0 Å². The van der Waals surface area contributed by atoms with Crippen molar-refractivity contribution in [1.29, 1.82) is 0 Å². The Kier molecular flexibility index (Phi) is 2.32. The van der Waals surface area contributed by atoms with Gasteiger partial charge in [0.15, 0.2) is 5.82 Å². The lowest BCUT2D eigenvalue weighted by atomic mass is 10.00. The van der Waals surface area contributed by atoms with Gasteiger partial charge in [-0.25, -0.2) is 0 Å². The molecule has 1 N–H and O–H groups in total.